The van der Waals surface area contributed by atoms with Crippen LogP contribution in [-0.2, 0) is 6.54 Å². The molecule has 7 heteroatoms. The Hall–Kier alpha value is -4.39. The highest BCUT2D eigenvalue weighted by Crippen LogP contribution is 2.32. The molecule has 2 heterocycles. The van der Waals surface area contributed by atoms with Crippen molar-refractivity contribution in [3.05, 3.63) is 95.7 Å². The van der Waals surface area contributed by atoms with Gasteiger partial charge in [-0.3, -0.25) is 4.79 Å². The van der Waals surface area contributed by atoms with Crippen molar-refractivity contribution in [1.82, 2.24) is 15.3 Å². The molecular formula is C26H22N4O3. The van der Waals surface area contributed by atoms with Crippen LogP contribution >= 0.6 is 0 Å². The topological polar surface area (TPSA) is 85.4 Å². The van der Waals surface area contributed by atoms with E-state index < -0.39 is 0 Å². The predicted molar refractivity (Wildman–Crippen MR) is 126 cm³/mol. The van der Waals surface area contributed by atoms with Crippen LogP contribution in [0.2, 0.25) is 0 Å². The Kier molecular flexibility index (Phi) is 5.59. The van der Waals surface area contributed by atoms with Crippen LogP contribution in [0.5, 0.6) is 11.5 Å². The Bertz CT molecular complexity index is 1290. The standard InChI is InChI=1S/C26H22N4O3/c1-17-2-5-19(6-3-17)25-27-13-12-24(30-25)29-21-9-7-20(8-10-21)26(31)28-15-18-4-11-22-23(14-18)33-16-32-22/h2-14H,15-16H2,1H3,(H,28,31)(H,27,29,30). The van der Waals surface area contributed by atoms with Gasteiger partial charge in [-0.15, -0.1) is 0 Å². The summed E-state index contributed by atoms with van der Waals surface area (Å²) in [6.07, 6.45) is 1.72. The van der Waals surface area contributed by atoms with Crippen molar-refractivity contribution in [3.8, 4) is 22.9 Å². The van der Waals surface area contributed by atoms with Crippen LogP contribution in [0.1, 0.15) is 21.5 Å². The number of fused-ring (bicyclic) bond motifs is 1. The number of hydrogen-bond donors (Lipinski definition) is 2. The minimum Gasteiger partial charge on any atom is -0.454 e. The first-order valence-electron chi connectivity index (χ1n) is 10.6. The molecule has 0 unspecified atom stereocenters. The van der Waals surface area contributed by atoms with Gasteiger partial charge in [-0.1, -0.05) is 35.9 Å². The molecule has 0 atom stereocenters. The highest BCUT2D eigenvalue weighted by Gasteiger charge is 2.14. The molecule has 1 aromatic heterocycles. The van der Waals surface area contributed by atoms with Crippen molar-refractivity contribution in [3.63, 3.8) is 0 Å². The van der Waals surface area contributed by atoms with Crippen LogP contribution in [-0.4, -0.2) is 22.7 Å². The number of carbonyl (C=O) groups is 1. The molecule has 0 saturated carbocycles. The molecule has 7 nitrogen and oxygen atoms in total. The fourth-order valence-corrected chi connectivity index (χ4v) is 3.46. The van der Waals surface area contributed by atoms with E-state index in [2.05, 4.69) is 20.6 Å². The van der Waals surface area contributed by atoms with E-state index in [9.17, 15) is 4.79 Å². The number of aromatic nitrogens is 2. The van der Waals surface area contributed by atoms with Crippen molar-refractivity contribution in [1.29, 1.82) is 0 Å². The number of anilines is 2. The number of aryl methyl sites for hydroxylation is 1. The zero-order chi connectivity index (χ0) is 22.6. The van der Waals surface area contributed by atoms with E-state index in [1.807, 2.05) is 67.6 Å². The molecule has 4 aromatic rings. The molecule has 0 radical (unpaired) electrons. The average molecular weight is 438 g/mol. The van der Waals surface area contributed by atoms with Crippen LogP contribution in [0.4, 0.5) is 11.5 Å². The number of nitrogens with zero attached hydrogens (tertiary/aromatic N) is 2. The molecule has 0 aliphatic carbocycles. The number of nitrogens with one attached hydrogen (secondary N) is 2. The molecule has 33 heavy (non-hydrogen) atoms. The smallest absolute Gasteiger partial charge is 0.251 e. The molecule has 0 bridgehead atoms. The molecule has 3 aromatic carbocycles. The Balaban J connectivity index is 1.21. The van der Waals surface area contributed by atoms with E-state index in [0.717, 1.165) is 22.6 Å². The molecular weight excluding hydrogens is 416 g/mol. The zero-order valence-electron chi connectivity index (χ0n) is 18.0. The molecule has 1 aliphatic rings. The fourth-order valence-electron chi connectivity index (χ4n) is 3.46. The lowest BCUT2D eigenvalue weighted by Gasteiger charge is -2.09. The van der Waals surface area contributed by atoms with Gasteiger partial charge in [0.25, 0.3) is 5.91 Å². The minimum atomic E-state index is -0.150. The summed E-state index contributed by atoms with van der Waals surface area (Å²) >= 11 is 0. The summed E-state index contributed by atoms with van der Waals surface area (Å²) in [6.45, 7) is 2.68. The summed E-state index contributed by atoms with van der Waals surface area (Å²) in [7, 11) is 0. The van der Waals surface area contributed by atoms with Crippen LogP contribution in [0.25, 0.3) is 11.4 Å². The Labute approximate surface area is 191 Å². The highest BCUT2D eigenvalue weighted by molar-refractivity contribution is 5.94. The van der Waals surface area contributed by atoms with E-state index in [1.165, 1.54) is 5.56 Å². The van der Waals surface area contributed by atoms with E-state index in [4.69, 9.17) is 9.47 Å². The number of rotatable bonds is 6. The van der Waals surface area contributed by atoms with Gasteiger partial charge < -0.3 is 20.1 Å². The van der Waals surface area contributed by atoms with Gasteiger partial charge in [0.2, 0.25) is 6.79 Å². The summed E-state index contributed by atoms with van der Waals surface area (Å²) in [4.78, 5) is 21.5. The first-order valence-corrected chi connectivity index (χ1v) is 10.6. The number of ether oxygens (including phenoxy) is 2. The Morgan fingerprint density at radius 3 is 2.55 bits per heavy atom. The molecule has 1 amide bonds. The maximum atomic E-state index is 12.5. The quantitative estimate of drug-likeness (QED) is 0.447. The maximum Gasteiger partial charge on any atom is 0.251 e. The summed E-state index contributed by atoms with van der Waals surface area (Å²) in [5.74, 6) is 2.61. The van der Waals surface area contributed by atoms with Gasteiger partial charge >= 0.3 is 0 Å². The van der Waals surface area contributed by atoms with E-state index in [0.29, 0.717) is 29.5 Å². The molecule has 5 rings (SSSR count). The molecule has 0 spiro atoms. The number of amides is 1. The Morgan fingerprint density at radius 2 is 1.73 bits per heavy atom. The van der Waals surface area contributed by atoms with Crippen molar-refractivity contribution in [2.24, 2.45) is 0 Å². The van der Waals surface area contributed by atoms with Gasteiger partial charge in [0, 0.05) is 29.6 Å². The third-order valence-electron chi connectivity index (χ3n) is 5.27. The highest BCUT2D eigenvalue weighted by atomic mass is 16.7. The van der Waals surface area contributed by atoms with E-state index in [-0.39, 0.29) is 12.7 Å². The summed E-state index contributed by atoms with van der Waals surface area (Å²) in [6, 6.07) is 22.8. The summed E-state index contributed by atoms with van der Waals surface area (Å²) in [5.41, 5.74) is 4.49. The molecule has 1 aliphatic heterocycles. The van der Waals surface area contributed by atoms with Crippen molar-refractivity contribution in [2.75, 3.05) is 12.1 Å². The van der Waals surface area contributed by atoms with Crippen LogP contribution in [0, 0.1) is 6.92 Å². The molecule has 2 N–H and O–H groups in total. The van der Waals surface area contributed by atoms with Gasteiger partial charge in [-0.25, -0.2) is 9.97 Å². The second-order valence-electron chi connectivity index (χ2n) is 7.70. The maximum absolute atomic E-state index is 12.5. The average Bonchev–Trinajstić information content (AvgIpc) is 3.32. The third kappa shape index (κ3) is 4.77. The number of hydrogen-bond acceptors (Lipinski definition) is 6. The van der Waals surface area contributed by atoms with Gasteiger partial charge in [0.05, 0.1) is 0 Å². The zero-order valence-corrected chi connectivity index (χ0v) is 18.0. The first-order chi connectivity index (χ1) is 16.1. The predicted octanol–water partition coefficient (Wildman–Crippen LogP) is 4.85. The van der Waals surface area contributed by atoms with Crippen molar-refractivity contribution >= 4 is 17.4 Å². The first kappa shape index (κ1) is 20.5. The van der Waals surface area contributed by atoms with Crippen molar-refractivity contribution < 1.29 is 14.3 Å². The van der Waals surface area contributed by atoms with Crippen molar-refractivity contribution in [2.45, 2.75) is 13.5 Å². The lowest BCUT2D eigenvalue weighted by atomic mass is 10.1. The van der Waals surface area contributed by atoms with Gasteiger partial charge in [0.15, 0.2) is 17.3 Å². The normalized spacial score (nSPS) is 11.8. The van der Waals surface area contributed by atoms with E-state index >= 15 is 0 Å². The van der Waals surface area contributed by atoms with Crippen LogP contribution in [0.3, 0.4) is 0 Å². The SMILES string of the molecule is Cc1ccc(-c2nccc(Nc3ccc(C(=O)NCc4ccc5c(c4)OCO5)cc3)n2)cc1. The monoisotopic (exact) mass is 438 g/mol. The summed E-state index contributed by atoms with van der Waals surface area (Å²) in [5, 5.41) is 6.19. The molecule has 0 fully saturated rings. The second kappa shape index (κ2) is 9.00. The molecule has 164 valence electrons. The lowest BCUT2D eigenvalue weighted by Crippen LogP contribution is -2.22. The Morgan fingerprint density at radius 1 is 0.939 bits per heavy atom. The van der Waals surface area contributed by atoms with Gasteiger partial charge in [-0.2, -0.15) is 0 Å². The third-order valence-corrected chi connectivity index (χ3v) is 5.27. The lowest BCUT2D eigenvalue weighted by molar-refractivity contribution is 0.0951. The van der Waals surface area contributed by atoms with Crippen LogP contribution < -0.4 is 20.1 Å². The van der Waals surface area contributed by atoms with Gasteiger partial charge in [0.1, 0.15) is 5.82 Å². The van der Waals surface area contributed by atoms with Crippen LogP contribution in [0.15, 0.2) is 79.0 Å². The summed E-state index contributed by atoms with van der Waals surface area (Å²) < 4.78 is 10.7. The fraction of sp³-hybridized carbons (Fsp3) is 0.115. The second-order valence-corrected chi connectivity index (χ2v) is 7.70. The number of benzene rings is 3. The van der Waals surface area contributed by atoms with E-state index in [1.54, 1.807) is 18.3 Å². The largest absolute Gasteiger partial charge is 0.454 e. The molecule has 0 saturated heterocycles. The minimum absolute atomic E-state index is 0.150. The number of carbonyl (C=O) groups excluding carboxylic acids is 1. The van der Waals surface area contributed by atoms with Gasteiger partial charge in [-0.05, 0) is 55.0 Å².